The molecule has 5 heteroatoms. The number of rotatable bonds is 2. The van der Waals surface area contributed by atoms with Crippen LogP contribution in [-0.4, -0.2) is 26.4 Å². The highest BCUT2D eigenvalue weighted by molar-refractivity contribution is 7.99. The molecule has 2 aliphatic rings. The van der Waals surface area contributed by atoms with Gasteiger partial charge in [0.2, 0.25) is 0 Å². The lowest BCUT2D eigenvalue weighted by molar-refractivity contribution is -0.143. The van der Waals surface area contributed by atoms with Crippen LogP contribution in [0.15, 0.2) is 11.4 Å². The highest BCUT2D eigenvalue weighted by Crippen LogP contribution is 2.42. The Bertz CT molecular complexity index is 414. The number of hydrogen-bond acceptors (Lipinski definition) is 3. The summed E-state index contributed by atoms with van der Waals surface area (Å²) in [6.07, 6.45) is 5.44. The quantitative estimate of drug-likeness (QED) is 0.854. The Hall–Kier alpha value is -0.970. The molecular formula is C11H14N2O2S. The highest BCUT2D eigenvalue weighted by Gasteiger charge is 2.45. The van der Waals surface area contributed by atoms with E-state index >= 15 is 0 Å². The molecule has 1 aliphatic heterocycles. The minimum atomic E-state index is -0.702. The van der Waals surface area contributed by atoms with Crippen molar-refractivity contribution < 1.29 is 9.90 Å². The van der Waals surface area contributed by atoms with E-state index in [4.69, 9.17) is 0 Å². The molecule has 0 unspecified atom stereocenters. The molecule has 1 saturated carbocycles. The number of nitrogens with zero attached hydrogens (tertiary/aromatic N) is 2. The SMILES string of the molecule is O=C(O)C1(c2cn3c(n2)SCC3)CCCC1. The van der Waals surface area contributed by atoms with Crippen molar-refractivity contribution in [3.05, 3.63) is 11.9 Å². The number of fused-ring (bicyclic) bond motifs is 1. The predicted octanol–water partition coefficient (Wildman–Crippen LogP) is 1.89. The number of carbonyl (C=O) groups is 1. The summed E-state index contributed by atoms with van der Waals surface area (Å²) in [5, 5.41) is 10.4. The van der Waals surface area contributed by atoms with Gasteiger partial charge in [-0.25, -0.2) is 4.98 Å². The molecule has 0 bridgehead atoms. The molecule has 1 N–H and O–H groups in total. The van der Waals surface area contributed by atoms with Gasteiger partial charge in [-0.05, 0) is 12.8 Å². The first-order valence-electron chi connectivity index (χ1n) is 5.66. The number of thioether (sulfide) groups is 1. The van der Waals surface area contributed by atoms with Gasteiger partial charge in [0.15, 0.2) is 5.16 Å². The second-order valence-corrected chi connectivity index (χ2v) is 5.61. The van der Waals surface area contributed by atoms with Gasteiger partial charge in [0, 0.05) is 18.5 Å². The van der Waals surface area contributed by atoms with Crippen LogP contribution in [-0.2, 0) is 16.8 Å². The zero-order chi connectivity index (χ0) is 11.2. The number of aromatic nitrogens is 2. The van der Waals surface area contributed by atoms with E-state index in [-0.39, 0.29) is 0 Å². The normalized spacial score (nSPS) is 22.2. The van der Waals surface area contributed by atoms with E-state index in [9.17, 15) is 9.90 Å². The molecule has 86 valence electrons. The summed E-state index contributed by atoms with van der Waals surface area (Å²) in [6, 6.07) is 0. The number of hydrogen-bond donors (Lipinski definition) is 1. The molecule has 1 aliphatic carbocycles. The third-order valence-electron chi connectivity index (χ3n) is 3.66. The molecule has 0 atom stereocenters. The number of carboxylic acid groups (broad SMARTS) is 1. The second kappa shape index (κ2) is 3.52. The van der Waals surface area contributed by atoms with Gasteiger partial charge < -0.3 is 9.67 Å². The first kappa shape index (κ1) is 10.2. The van der Waals surface area contributed by atoms with Crippen LogP contribution in [0.5, 0.6) is 0 Å². The number of imidazole rings is 1. The minimum absolute atomic E-state index is 0.697. The third-order valence-corrected chi connectivity index (χ3v) is 4.63. The lowest BCUT2D eigenvalue weighted by Crippen LogP contribution is -2.33. The molecule has 2 heterocycles. The van der Waals surface area contributed by atoms with Gasteiger partial charge in [-0.1, -0.05) is 24.6 Å². The first-order chi connectivity index (χ1) is 7.72. The molecule has 1 aromatic heterocycles. The molecule has 0 saturated heterocycles. The molecule has 16 heavy (non-hydrogen) atoms. The average Bonchev–Trinajstić information content (AvgIpc) is 2.92. The van der Waals surface area contributed by atoms with Crippen molar-refractivity contribution >= 4 is 17.7 Å². The smallest absolute Gasteiger partial charge is 0.315 e. The van der Waals surface area contributed by atoms with Crippen LogP contribution < -0.4 is 0 Å². The molecular weight excluding hydrogens is 224 g/mol. The van der Waals surface area contributed by atoms with Gasteiger partial charge in [-0.3, -0.25) is 4.79 Å². The van der Waals surface area contributed by atoms with E-state index < -0.39 is 11.4 Å². The van der Waals surface area contributed by atoms with Crippen molar-refractivity contribution in [2.24, 2.45) is 0 Å². The number of carboxylic acids is 1. The molecule has 0 radical (unpaired) electrons. The fourth-order valence-corrected chi connectivity index (χ4v) is 3.64. The van der Waals surface area contributed by atoms with Crippen LogP contribution in [0.3, 0.4) is 0 Å². The standard InChI is InChI=1S/C11H14N2O2S/c14-9(15)11(3-1-2-4-11)8-7-13-5-6-16-10(13)12-8/h7H,1-6H2,(H,14,15). The fourth-order valence-electron chi connectivity index (χ4n) is 2.70. The maximum atomic E-state index is 11.5. The Labute approximate surface area is 98.1 Å². The van der Waals surface area contributed by atoms with Crippen LogP contribution in [0, 0.1) is 0 Å². The van der Waals surface area contributed by atoms with Crippen LogP contribution in [0.25, 0.3) is 0 Å². The van der Waals surface area contributed by atoms with E-state index in [0.29, 0.717) is 0 Å². The van der Waals surface area contributed by atoms with Gasteiger partial charge in [-0.2, -0.15) is 0 Å². The summed E-state index contributed by atoms with van der Waals surface area (Å²) in [4.78, 5) is 16.0. The van der Waals surface area contributed by atoms with Crippen LogP contribution in [0.1, 0.15) is 31.4 Å². The molecule has 1 aromatic rings. The maximum Gasteiger partial charge on any atom is 0.315 e. The molecule has 0 spiro atoms. The predicted molar refractivity (Wildman–Crippen MR) is 60.7 cm³/mol. The molecule has 3 rings (SSSR count). The van der Waals surface area contributed by atoms with Crippen molar-refractivity contribution in [3.8, 4) is 0 Å². The Morgan fingerprint density at radius 3 is 2.88 bits per heavy atom. The van der Waals surface area contributed by atoms with E-state index in [1.807, 2.05) is 6.20 Å². The number of aliphatic carboxylic acids is 1. The summed E-state index contributed by atoms with van der Waals surface area (Å²) in [7, 11) is 0. The van der Waals surface area contributed by atoms with Gasteiger partial charge >= 0.3 is 5.97 Å². The van der Waals surface area contributed by atoms with Crippen molar-refractivity contribution in [3.63, 3.8) is 0 Å². The molecule has 1 fully saturated rings. The van der Waals surface area contributed by atoms with Gasteiger partial charge in [0.1, 0.15) is 5.41 Å². The summed E-state index contributed by atoms with van der Waals surface area (Å²) in [5.74, 6) is 0.356. The van der Waals surface area contributed by atoms with Crippen LogP contribution in [0.2, 0.25) is 0 Å². The summed E-state index contributed by atoms with van der Waals surface area (Å²) in [5.41, 5.74) is 0.0810. The highest BCUT2D eigenvalue weighted by atomic mass is 32.2. The topological polar surface area (TPSA) is 55.1 Å². The molecule has 0 amide bonds. The molecule has 0 aromatic carbocycles. The van der Waals surface area contributed by atoms with Gasteiger partial charge in [0.25, 0.3) is 0 Å². The zero-order valence-electron chi connectivity index (χ0n) is 8.98. The van der Waals surface area contributed by atoms with Crippen molar-refractivity contribution in [1.82, 2.24) is 9.55 Å². The summed E-state index contributed by atoms with van der Waals surface area (Å²) >= 11 is 1.72. The van der Waals surface area contributed by atoms with Crippen molar-refractivity contribution in [1.29, 1.82) is 0 Å². The van der Waals surface area contributed by atoms with E-state index in [2.05, 4.69) is 9.55 Å². The second-order valence-electron chi connectivity index (χ2n) is 4.54. The van der Waals surface area contributed by atoms with Crippen LogP contribution in [0.4, 0.5) is 0 Å². The van der Waals surface area contributed by atoms with Gasteiger partial charge in [-0.15, -0.1) is 0 Å². The Kier molecular flexibility index (Phi) is 2.24. The summed E-state index contributed by atoms with van der Waals surface area (Å²) < 4.78 is 2.09. The fraction of sp³-hybridized carbons (Fsp3) is 0.636. The lowest BCUT2D eigenvalue weighted by Gasteiger charge is -2.21. The zero-order valence-corrected chi connectivity index (χ0v) is 9.79. The Morgan fingerprint density at radius 1 is 1.50 bits per heavy atom. The summed E-state index contributed by atoms with van der Waals surface area (Å²) in [6.45, 7) is 0.961. The van der Waals surface area contributed by atoms with Crippen molar-refractivity contribution in [2.75, 3.05) is 5.75 Å². The van der Waals surface area contributed by atoms with E-state index in [0.717, 1.165) is 48.8 Å². The van der Waals surface area contributed by atoms with Crippen molar-refractivity contribution in [2.45, 2.75) is 42.8 Å². The average molecular weight is 238 g/mol. The van der Waals surface area contributed by atoms with E-state index in [1.54, 1.807) is 11.8 Å². The largest absolute Gasteiger partial charge is 0.481 e. The Balaban J connectivity index is 2.03. The third kappa shape index (κ3) is 1.30. The molecule has 4 nitrogen and oxygen atoms in total. The Morgan fingerprint density at radius 2 is 2.25 bits per heavy atom. The first-order valence-corrected chi connectivity index (χ1v) is 6.65. The number of aryl methyl sites for hydroxylation is 1. The van der Waals surface area contributed by atoms with Gasteiger partial charge in [0.05, 0.1) is 5.69 Å². The van der Waals surface area contributed by atoms with Crippen LogP contribution >= 0.6 is 11.8 Å². The van der Waals surface area contributed by atoms with E-state index in [1.165, 1.54) is 0 Å². The lowest BCUT2D eigenvalue weighted by atomic mass is 9.83. The monoisotopic (exact) mass is 238 g/mol. The minimum Gasteiger partial charge on any atom is -0.481 e. The maximum absolute atomic E-state index is 11.5.